The first-order valence-corrected chi connectivity index (χ1v) is 8.39. The zero-order chi connectivity index (χ0) is 15.7. The molecule has 0 bridgehead atoms. The summed E-state index contributed by atoms with van der Waals surface area (Å²) in [6.07, 6.45) is 4.83. The van der Waals surface area contributed by atoms with E-state index in [1.54, 1.807) is 7.11 Å². The highest BCUT2D eigenvalue weighted by Crippen LogP contribution is 2.51. The fourth-order valence-corrected chi connectivity index (χ4v) is 4.02. The normalized spacial score (nSPS) is 27.0. The van der Waals surface area contributed by atoms with Crippen LogP contribution in [-0.4, -0.2) is 47.5 Å². The lowest BCUT2D eigenvalue weighted by Crippen LogP contribution is -2.62. The van der Waals surface area contributed by atoms with E-state index in [4.69, 9.17) is 4.74 Å². The minimum atomic E-state index is -0.206. The number of ether oxygens (including phenoxy) is 1. The van der Waals surface area contributed by atoms with Crippen molar-refractivity contribution < 1.29 is 9.84 Å². The summed E-state index contributed by atoms with van der Waals surface area (Å²) < 4.78 is 5.56. The van der Waals surface area contributed by atoms with Crippen molar-refractivity contribution in [3.63, 3.8) is 0 Å². The standard InChI is InChI=1S/C17H27N3O2/c1-4-5-13-10-16(19-12(2)18-13)20-8-6-17(7-9-20)14(21)11-15(17)22-3/h10,14-15,21H,4-9,11H2,1-3H3. The minimum absolute atomic E-state index is 0.0282. The summed E-state index contributed by atoms with van der Waals surface area (Å²) in [5.41, 5.74) is 1.10. The molecule has 1 aliphatic carbocycles. The maximum Gasteiger partial charge on any atom is 0.132 e. The number of aliphatic hydroxyl groups excluding tert-OH is 1. The number of methoxy groups -OCH3 is 1. The van der Waals surface area contributed by atoms with Gasteiger partial charge in [-0.25, -0.2) is 9.97 Å². The summed E-state index contributed by atoms with van der Waals surface area (Å²) in [7, 11) is 1.76. The van der Waals surface area contributed by atoms with Gasteiger partial charge in [0.2, 0.25) is 0 Å². The van der Waals surface area contributed by atoms with Gasteiger partial charge in [-0.1, -0.05) is 13.3 Å². The average molecular weight is 305 g/mol. The van der Waals surface area contributed by atoms with Crippen molar-refractivity contribution >= 4 is 5.82 Å². The van der Waals surface area contributed by atoms with Crippen molar-refractivity contribution in [1.82, 2.24) is 9.97 Å². The molecule has 3 rings (SSSR count). The predicted octanol–water partition coefficient (Wildman–Crippen LogP) is 2.10. The van der Waals surface area contributed by atoms with Crippen LogP contribution in [0.1, 0.15) is 44.1 Å². The van der Waals surface area contributed by atoms with E-state index in [2.05, 4.69) is 27.9 Å². The summed E-state index contributed by atoms with van der Waals surface area (Å²) in [5, 5.41) is 10.2. The van der Waals surface area contributed by atoms with E-state index in [0.29, 0.717) is 0 Å². The van der Waals surface area contributed by atoms with Crippen LogP contribution >= 0.6 is 0 Å². The lowest BCUT2D eigenvalue weighted by molar-refractivity contribution is -0.190. The molecular weight excluding hydrogens is 278 g/mol. The topological polar surface area (TPSA) is 58.5 Å². The third kappa shape index (κ3) is 2.61. The largest absolute Gasteiger partial charge is 0.392 e. The van der Waals surface area contributed by atoms with Gasteiger partial charge in [-0.15, -0.1) is 0 Å². The molecule has 0 amide bonds. The Morgan fingerprint density at radius 2 is 2.09 bits per heavy atom. The van der Waals surface area contributed by atoms with E-state index in [1.165, 1.54) is 0 Å². The molecule has 1 aromatic heterocycles. The summed E-state index contributed by atoms with van der Waals surface area (Å²) in [6.45, 7) is 5.99. The molecule has 1 N–H and O–H groups in total. The fourth-order valence-electron chi connectivity index (χ4n) is 4.02. The van der Waals surface area contributed by atoms with Crippen molar-refractivity contribution in [2.45, 2.75) is 58.2 Å². The summed E-state index contributed by atoms with van der Waals surface area (Å²) >= 11 is 0. The Labute approximate surface area is 132 Å². The Hall–Kier alpha value is -1.20. The molecule has 2 unspecified atom stereocenters. The number of anilines is 1. The van der Waals surface area contributed by atoms with Crippen molar-refractivity contribution in [2.24, 2.45) is 5.41 Å². The Morgan fingerprint density at radius 3 is 2.68 bits per heavy atom. The van der Waals surface area contributed by atoms with E-state index in [1.807, 2.05) is 6.92 Å². The summed E-state index contributed by atoms with van der Waals surface area (Å²) in [4.78, 5) is 11.5. The molecule has 1 saturated carbocycles. The Morgan fingerprint density at radius 1 is 1.36 bits per heavy atom. The molecule has 5 heteroatoms. The second-order valence-corrected chi connectivity index (χ2v) is 6.71. The van der Waals surface area contributed by atoms with Gasteiger partial charge in [0.15, 0.2) is 0 Å². The Bertz CT molecular complexity index is 527. The fraction of sp³-hybridized carbons (Fsp3) is 0.765. The van der Waals surface area contributed by atoms with Crippen LogP contribution in [0.4, 0.5) is 5.82 Å². The Balaban J connectivity index is 1.71. The SMILES string of the molecule is CCCc1cc(N2CCC3(CC2)C(O)CC3OC)nc(C)n1. The molecule has 2 heterocycles. The average Bonchev–Trinajstić information content (AvgIpc) is 2.52. The lowest BCUT2D eigenvalue weighted by Gasteiger charge is -2.56. The number of aliphatic hydroxyl groups is 1. The maximum absolute atomic E-state index is 10.2. The lowest BCUT2D eigenvalue weighted by atomic mass is 9.58. The highest BCUT2D eigenvalue weighted by atomic mass is 16.5. The van der Waals surface area contributed by atoms with Gasteiger partial charge < -0.3 is 14.7 Å². The van der Waals surface area contributed by atoms with E-state index in [0.717, 1.165) is 62.5 Å². The zero-order valence-corrected chi connectivity index (χ0v) is 13.9. The van der Waals surface area contributed by atoms with Gasteiger partial charge in [0.25, 0.3) is 0 Å². The van der Waals surface area contributed by atoms with Crippen molar-refractivity contribution in [3.05, 3.63) is 17.6 Å². The molecule has 2 fully saturated rings. The summed E-state index contributed by atoms with van der Waals surface area (Å²) in [6, 6.07) is 2.12. The van der Waals surface area contributed by atoms with Crippen LogP contribution in [0.3, 0.4) is 0 Å². The first-order chi connectivity index (χ1) is 10.6. The number of aromatic nitrogens is 2. The van der Waals surface area contributed by atoms with Crippen molar-refractivity contribution in [1.29, 1.82) is 0 Å². The molecule has 2 atom stereocenters. The second-order valence-electron chi connectivity index (χ2n) is 6.71. The molecule has 22 heavy (non-hydrogen) atoms. The van der Waals surface area contributed by atoms with Crippen LogP contribution < -0.4 is 4.90 Å². The minimum Gasteiger partial charge on any atom is -0.392 e. The molecule has 0 aromatic carbocycles. The number of hydrogen-bond donors (Lipinski definition) is 1. The van der Waals surface area contributed by atoms with Crippen LogP contribution in [0.5, 0.6) is 0 Å². The van der Waals surface area contributed by atoms with E-state index < -0.39 is 0 Å². The van der Waals surface area contributed by atoms with Gasteiger partial charge in [0.1, 0.15) is 11.6 Å². The maximum atomic E-state index is 10.2. The second kappa shape index (κ2) is 6.13. The number of nitrogens with zero attached hydrogens (tertiary/aromatic N) is 3. The molecule has 1 aliphatic heterocycles. The first kappa shape index (κ1) is 15.7. The van der Waals surface area contributed by atoms with Gasteiger partial charge in [0.05, 0.1) is 12.2 Å². The molecular formula is C17H27N3O2. The van der Waals surface area contributed by atoms with E-state index >= 15 is 0 Å². The van der Waals surface area contributed by atoms with E-state index in [-0.39, 0.29) is 17.6 Å². The van der Waals surface area contributed by atoms with Gasteiger partial charge in [-0.3, -0.25) is 0 Å². The molecule has 1 spiro atoms. The third-order valence-electron chi connectivity index (χ3n) is 5.43. The number of piperidine rings is 1. The highest BCUT2D eigenvalue weighted by Gasteiger charge is 2.55. The molecule has 2 aliphatic rings. The van der Waals surface area contributed by atoms with Crippen LogP contribution in [0.2, 0.25) is 0 Å². The number of aryl methyl sites for hydroxylation is 2. The van der Waals surface area contributed by atoms with Gasteiger partial charge in [-0.2, -0.15) is 0 Å². The zero-order valence-electron chi connectivity index (χ0n) is 13.9. The van der Waals surface area contributed by atoms with Gasteiger partial charge in [-0.05, 0) is 26.2 Å². The van der Waals surface area contributed by atoms with Gasteiger partial charge in [0, 0.05) is 43.8 Å². The highest BCUT2D eigenvalue weighted by molar-refractivity contribution is 5.41. The van der Waals surface area contributed by atoms with Crippen molar-refractivity contribution in [3.8, 4) is 0 Å². The first-order valence-electron chi connectivity index (χ1n) is 8.39. The smallest absolute Gasteiger partial charge is 0.132 e. The Kier molecular flexibility index (Phi) is 4.37. The summed E-state index contributed by atoms with van der Waals surface area (Å²) in [5.74, 6) is 1.88. The molecule has 5 nitrogen and oxygen atoms in total. The van der Waals surface area contributed by atoms with Crippen LogP contribution in [0.15, 0.2) is 6.07 Å². The number of hydrogen-bond acceptors (Lipinski definition) is 5. The molecule has 0 radical (unpaired) electrons. The van der Waals surface area contributed by atoms with Crippen LogP contribution in [0.25, 0.3) is 0 Å². The predicted molar refractivity (Wildman–Crippen MR) is 86.1 cm³/mol. The van der Waals surface area contributed by atoms with Crippen molar-refractivity contribution in [2.75, 3.05) is 25.1 Å². The van der Waals surface area contributed by atoms with Gasteiger partial charge >= 0.3 is 0 Å². The molecule has 1 saturated heterocycles. The monoisotopic (exact) mass is 305 g/mol. The van der Waals surface area contributed by atoms with Crippen LogP contribution in [0, 0.1) is 12.3 Å². The molecule has 1 aromatic rings. The molecule has 122 valence electrons. The van der Waals surface area contributed by atoms with Crippen LogP contribution in [-0.2, 0) is 11.2 Å². The third-order valence-corrected chi connectivity index (χ3v) is 5.43. The number of rotatable bonds is 4. The quantitative estimate of drug-likeness (QED) is 0.923. The van der Waals surface area contributed by atoms with E-state index in [9.17, 15) is 5.11 Å².